The Morgan fingerprint density at radius 2 is 1.86 bits per heavy atom. The Bertz CT molecular complexity index is 554. The van der Waals surface area contributed by atoms with Crippen LogP contribution in [0.1, 0.15) is 37.6 Å². The van der Waals surface area contributed by atoms with Crippen LogP contribution in [-0.4, -0.2) is 23.7 Å². The molecule has 1 rings (SSSR count). The lowest BCUT2D eigenvalue weighted by molar-refractivity contribution is 0.0698. The van der Waals surface area contributed by atoms with Crippen molar-refractivity contribution < 1.29 is 14.7 Å². The highest BCUT2D eigenvalue weighted by Gasteiger charge is 2.17. The number of urea groups is 1. The van der Waals surface area contributed by atoms with E-state index < -0.39 is 12.0 Å². The Labute approximate surface area is 140 Å². The van der Waals surface area contributed by atoms with Gasteiger partial charge in [-0.05, 0) is 39.9 Å². The van der Waals surface area contributed by atoms with Gasteiger partial charge in [-0.15, -0.1) is 0 Å². The number of hydrogen-bond acceptors (Lipinski definition) is 2. The van der Waals surface area contributed by atoms with Gasteiger partial charge >= 0.3 is 12.0 Å². The first-order valence-corrected chi connectivity index (χ1v) is 7.96. The Morgan fingerprint density at radius 1 is 1.24 bits per heavy atom. The molecule has 0 aromatic heterocycles. The van der Waals surface area contributed by atoms with Crippen molar-refractivity contribution in [1.82, 2.24) is 5.32 Å². The molecule has 5 nitrogen and oxygen atoms in total. The van der Waals surface area contributed by atoms with E-state index in [0.717, 1.165) is 6.42 Å². The van der Waals surface area contributed by atoms with Crippen molar-refractivity contribution in [3.05, 3.63) is 26.6 Å². The summed E-state index contributed by atoms with van der Waals surface area (Å²) in [5.74, 6) is -1.11. The summed E-state index contributed by atoms with van der Waals surface area (Å²) in [6.07, 6.45) is 0.827. The van der Waals surface area contributed by atoms with Crippen LogP contribution in [0.5, 0.6) is 0 Å². The average molecular weight is 422 g/mol. The molecule has 0 bridgehead atoms. The van der Waals surface area contributed by atoms with E-state index in [2.05, 4.69) is 63.3 Å². The molecule has 1 aromatic rings. The molecule has 0 aliphatic rings. The number of carbonyl (C=O) groups excluding carboxylic acids is 1. The molecule has 3 N–H and O–H groups in total. The maximum Gasteiger partial charge on any atom is 0.337 e. The molecule has 1 aromatic carbocycles. The van der Waals surface area contributed by atoms with Crippen LogP contribution >= 0.6 is 31.9 Å². The van der Waals surface area contributed by atoms with E-state index in [1.807, 2.05) is 0 Å². The molecule has 0 unspecified atom stereocenters. The van der Waals surface area contributed by atoms with Gasteiger partial charge in [0.2, 0.25) is 0 Å². The molecule has 116 valence electrons. The summed E-state index contributed by atoms with van der Waals surface area (Å²) >= 11 is 6.48. The molecule has 0 spiro atoms. The van der Waals surface area contributed by atoms with E-state index in [1.54, 1.807) is 6.07 Å². The van der Waals surface area contributed by atoms with E-state index >= 15 is 0 Å². The predicted octanol–water partition coefficient (Wildman–Crippen LogP) is 4.47. The van der Waals surface area contributed by atoms with Crippen molar-refractivity contribution >= 4 is 49.5 Å². The van der Waals surface area contributed by atoms with Gasteiger partial charge in [0.05, 0.1) is 11.3 Å². The summed E-state index contributed by atoms with van der Waals surface area (Å²) in [5, 5.41) is 14.5. The first-order chi connectivity index (χ1) is 9.60. The minimum atomic E-state index is -1.11. The normalized spacial score (nSPS) is 11.1. The number of anilines is 1. The van der Waals surface area contributed by atoms with Gasteiger partial charge in [-0.1, -0.05) is 36.7 Å². The maximum atomic E-state index is 11.9. The number of carboxylic acids is 1. The van der Waals surface area contributed by atoms with Gasteiger partial charge in [0.1, 0.15) is 0 Å². The fraction of sp³-hybridized carbons (Fsp3) is 0.429. The van der Waals surface area contributed by atoms with Crippen molar-refractivity contribution in [2.45, 2.75) is 27.2 Å². The predicted molar refractivity (Wildman–Crippen MR) is 89.9 cm³/mol. The number of amides is 2. The zero-order valence-corrected chi connectivity index (χ0v) is 15.3. The number of carboxylic acid groups (broad SMARTS) is 1. The lowest BCUT2D eigenvalue weighted by Gasteiger charge is -2.18. The van der Waals surface area contributed by atoms with Crippen molar-refractivity contribution in [3.8, 4) is 0 Å². The molecule has 0 aliphatic carbocycles. The molecule has 0 heterocycles. The molecule has 0 radical (unpaired) electrons. The maximum absolute atomic E-state index is 11.9. The van der Waals surface area contributed by atoms with Crippen LogP contribution < -0.4 is 10.6 Å². The fourth-order valence-corrected chi connectivity index (χ4v) is 2.90. The third-order valence-electron chi connectivity index (χ3n) is 2.68. The Balaban J connectivity index is 2.79. The molecule has 0 fully saturated rings. The second kappa shape index (κ2) is 7.26. The minimum absolute atomic E-state index is 0.0159. The van der Waals surface area contributed by atoms with Gasteiger partial charge < -0.3 is 15.7 Å². The highest BCUT2D eigenvalue weighted by atomic mass is 79.9. The van der Waals surface area contributed by atoms with Crippen molar-refractivity contribution in [3.63, 3.8) is 0 Å². The third kappa shape index (κ3) is 6.05. The summed E-state index contributed by atoms with van der Waals surface area (Å²) in [6.45, 7) is 6.77. The monoisotopic (exact) mass is 420 g/mol. The van der Waals surface area contributed by atoms with E-state index in [9.17, 15) is 14.7 Å². The number of rotatable bonds is 4. The van der Waals surface area contributed by atoms with Crippen LogP contribution in [0, 0.1) is 5.41 Å². The molecule has 0 atom stereocenters. The van der Waals surface area contributed by atoms with Crippen LogP contribution in [0.2, 0.25) is 0 Å². The van der Waals surface area contributed by atoms with Crippen molar-refractivity contribution in [1.29, 1.82) is 0 Å². The molecule has 0 saturated heterocycles. The fourth-order valence-electron chi connectivity index (χ4n) is 1.58. The highest BCUT2D eigenvalue weighted by molar-refractivity contribution is 9.11. The van der Waals surface area contributed by atoms with Crippen LogP contribution in [0.25, 0.3) is 0 Å². The lowest BCUT2D eigenvalue weighted by Crippen LogP contribution is -2.32. The molecular weight excluding hydrogens is 404 g/mol. The summed E-state index contributed by atoms with van der Waals surface area (Å²) in [7, 11) is 0. The number of nitrogens with one attached hydrogen (secondary N) is 2. The smallest absolute Gasteiger partial charge is 0.337 e. The van der Waals surface area contributed by atoms with Crippen LogP contribution in [-0.2, 0) is 0 Å². The second-order valence-electron chi connectivity index (χ2n) is 5.81. The number of hydrogen-bond donors (Lipinski definition) is 3. The van der Waals surface area contributed by atoms with Gasteiger partial charge in [-0.2, -0.15) is 0 Å². The Morgan fingerprint density at radius 3 is 2.38 bits per heavy atom. The SMILES string of the molecule is CC(C)(C)CCNC(=O)Nc1c(Br)cc(Br)cc1C(=O)O. The largest absolute Gasteiger partial charge is 0.478 e. The van der Waals surface area contributed by atoms with E-state index in [4.69, 9.17) is 0 Å². The van der Waals surface area contributed by atoms with Crippen LogP contribution in [0.4, 0.5) is 10.5 Å². The Kier molecular flexibility index (Phi) is 6.22. The molecule has 21 heavy (non-hydrogen) atoms. The number of benzene rings is 1. The van der Waals surface area contributed by atoms with Gasteiger partial charge in [-0.3, -0.25) is 0 Å². The van der Waals surface area contributed by atoms with E-state index in [0.29, 0.717) is 15.5 Å². The Hall–Kier alpha value is -1.08. The standard InChI is InChI=1S/C14H18Br2N2O3/c1-14(2,3)4-5-17-13(21)18-11-9(12(19)20)6-8(15)7-10(11)16/h6-7H,4-5H2,1-3H3,(H,19,20)(H2,17,18,21). The molecular formula is C14H18Br2N2O3. The minimum Gasteiger partial charge on any atom is -0.478 e. The molecule has 0 saturated carbocycles. The number of aromatic carboxylic acids is 1. The summed E-state index contributed by atoms with van der Waals surface area (Å²) < 4.78 is 1.12. The summed E-state index contributed by atoms with van der Waals surface area (Å²) in [4.78, 5) is 23.1. The van der Waals surface area contributed by atoms with Crippen molar-refractivity contribution in [2.24, 2.45) is 5.41 Å². The third-order valence-corrected chi connectivity index (χ3v) is 3.77. The van der Waals surface area contributed by atoms with Crippen LogP contribution in [0.15, 0.2) is 21.1 Å². The molecule has 7 heteroatoms. The van der Waals surface area contributed by atoms with E-state index in [1.165, 1.54) is 6.07 Å². The van der Waals surface area contributed by atoms with Gasteiger partial charge in [-0.25, -0.2) is 9.59 Å². The highest BCUT2D eigenvalue weighted by Crippen LogP contribution is 2.30. The van der Waals surface area contributed by atoms with Crippen molar-refractivity contribution in [2.75, 3.05) is 11.9 Å². The first-order valence-electron chi connectivity index (χ1n) is 6.37. The number of carbonyl (C=O) groups is 2. The number of halogens is 2. The quantitative estimate of drug-likeness (QED) is 0.671. The van der Waals surface area contributed by atoms with Crippen LogP contribution in [0.3, 0.4) is 0 Å². The summed E-state index contributed by atoms with van der Waals surface area (Å²) in [5.41, 5.74) is 0.374. The zero-order chi connectivity index (χ0) is 16.2. The average Bonchev–Trinajstić information content (AvgIpc) is 2.30. The van der Waals surface area contributed by atoms with Gasteiger partial charge in [0.15, 0.2) is 0 Å². The topological polar surface area (TPSA) is 78.4 Å². The van der Waals surface area contributed by atoms with Gasteiger partial charge in [0.25, 0.3) is 0 Å². The molecule has 0 aliphatic heterocycles. The summed E-state index contributed by atoms with van der Waals surface area (Å²) in [6, 6.07) is 2.69. The lowest BCUT2D eigenvalue weighted by atomic mass is 9.92. The second-order valence-corrected chi connectivity index (χ2v) is 7.58. The molecule has 2 amide bonds. The zero-order valence-electron chi connectivity index (χ0n) is 12.1. The van der Waals surface area contributed by atoms with Gasteiger partial charge in [0, 0.05) is 15.5 Å². The van der Waals surface area contributed by atoms with E-state index in [-0.39, 0.29) is 16.7 Å². The first kappa shape index (κ1) is 18.0.